The van der Waals surface area contributed by atoms with E-state index in [1.54, 1.807) is 6.08 Å². The van der Waals surface area contributed by atoms with Crippen molar-refractivity contribution in [3.05, 3.63) is 142 Å². The summed E-state index contributed by atoms with van der Waals surface area (Å²) in [5.74, 6) is 0.215. The second-order valence-electron chi connectivity index (χ2n) is 12.9. The van der Waals surface area contributed by atoms with Crippen molar-refractivity contribution in [3.63, 3.8) is 0 Å². The number of carbonyl (C=O) groups excluding carboxylic acids is 1. The van der Waals surface area contributed by atoms with Gasteiger partial charge >= 0.3 is 0 Å². The molecule has 0 radical (unpaired) electrons. The molecule has 42 heavy (non-hydrogen) atoms. The average molecular weight is 579 g/mol. The van der Waals surface area contributed by atoms with Gasteiger partial charge in [-0.25, -0.2) is 0 Å². The molecule has 0 fully saturated rings. The summed E-state index contributed by atoms with van der Waals surface area (Å²) in [6, 6.07) is 0. The third-order valence-corrected chi connectivity index (χ3v) is 7.85. The van der Waals surface area contributed by atoms with Gasteiger partial charge in [0.2, 0.25) is 0 Å². The first-order valence-corrected chi connectivity index (χ1v) is 15.3. The van der Waals surface area contributed by atoms with Crippen LogP contribution in [0.15, 0.2) is 142 Å². The van der Waals surface area contributed by atoms with Crippen LogP contribution >= 0.6 is 12.2 Å². The van der Waals surface area contributed by atoms with Gasteiger partial charge in [0.15, 0.2) is 5.78 Å². The minimum absolute atomic E-state index is 0.0799. The maximum atomic E-state index is 11.9. The average Bonchev–Trinajstić information content (AvgIpc) is 2.84. The van der Waals surface area contributed by atoms with Gasteiger partial charge in [-0.05, 0) is 93.2 Å². The lowest BCUT2D eigenvalue weighted by Gasteiger charge is -2.32. The Balaban J connectivity index is 1.93. The van der Waals surface area contributed by atoms with Crippen LogP contribution in [0.3, 0.4) is 0 Å². The van der Waals surface area contributed by atoms with E-state index < -0.39 is 0 Å². The molecule has 2 aliphatic rings. The number of hydrogen-bond donors (Lipinski definition) is 0. The first-order valence-electron chi connectivity index (χ1n) is 14.9. The number of hydrogen-bond acceptors (Lipinski definition) is 2. The SMILES string of the molecule is CC1=CC(=O)CC(C)(C)\C1=C/C=C(C)/C=C/C=C(C)/C=C/C=C/C(C)=C/C=C/C(C)=C/C=C1/C(C)=CC(=S)CC1(C)C. The molecule has 0 unspecified atom stereocenters. The summed E-state index contributed by atoms with van der Waals surface area (Å²) in [7, 11) is 0. The zero-order chi connectivity index (χ0) is 31.5. The van der Waals surface area contributed by atoms with Crippen LogP contribution in [0.4, 0.5) is 0 Å². The number of allylic oxidation sites excluding steroid dienone is 24. The third-order valence-electron chi connectivity index (χ3n) is 7.59. The van der Waals surface area contributed by atoms with E-state index >= 15 is 0 Å². The lowest BCUT2D eigenvalue weighted by Crippen LogP contribution is -2.24. The summed E-state index contributed by atoms with van der Waals surface area (Å²) < 4.78 is 0. The minimum Gasteiger partial charge on any atom is -0.295 e. The van der Waals surface area contributed by atoms with E-state index in [9.17, 15) is 4.79 Å². The fraction of sp³-hybridized carbons (Fsp3) is 0.350. The normalized spacial score (nSPS) is 22.9. The molecule has 0 aromatic carbocycles. The quantitative estimate of drug-likeness (QED) is 0.200. The van der Waals surface area contributed by atoms with E-state index in [1.165, 1.54) is 39.0 Å². The van der Waals surface area contributed by atoms with Crippen LogP contribution in [-0.4, -0.2) is 10.6 Å². The van der Waals surface area contributed by atoms with Crippen molar-refractivity contribution in [1.82, 2.24) is 0 Å². The summed E-state index contributed by atoms with van der Waals surface area (Å²) in [5, 5.41) is 0. The Morgan fingerprint density at radius 2 is 1.00 bits per heavy atom. The molecule has 0 aromatic heterocycles. The smallest absolute Gasteiger partial charge is 0.156 e. The predicted molar refractivity (Wildman–Crippen MR) is 190 cm³/mol. The number of rotatable bonds is 9. The Hall–Kier alpha value is -3.36. The maximum absolute atomic E-state index is 11.9. The van der Waals surface area contributed by atoms with Gasteiger partial charge in [-0.2, -0.15) is 0 Å². The highest BCUT2D eigenvalue weighted by Crippen LogP contribution is 2.40. The van der Waals surface area contributed by atoms with Crippen molar-refractivity contribution in [2.45, 2.75) is 82.1 Å². The summed E-state index contributed by atoms with van der Waals surface area (Å²) in [6.07, 6.45) is 35.2. The molecule has 0 saturated heterocycles. The molecular weight excluding hydrogens is 529 g/mol. The molecule has 0 aromatic rings. The highest BCUT2D eigenvalue weighted by Gasteiger charge is 2.30. The fourth-order valence-corrected chi connectivity index (χ4v) is 5.89. The Bertz CT molecular complexity index is 1320. The van der Waals surface area contributed by atoms with Gasteiger partial charge in [-0.15, -0.1) is 0 Å². The van der Waals surface area contributed by atoms with Crippen molar-refractivity contribution in [2.24, 2.45) is 10.8 Å². The Morgan fingerprint density at radius 1 is 0.619 bits per heavy atom. The maximum Gasteiger partial charge on any atom is 0.156 e. The van der Waals surface area contributed by atoms with Crippen LogP contribution in [0.25, 0.3) is 0 Å². The molecule has 222 valence electrons. The third kappa shape index (κ3) is 11.5. The first kappa shape index (κ1) is 34.8. The van der Waals surface area contributed by atoms with E-state index in [-0.39, 0.29) is 16.6 Å². The molecule has 0 N–H and O–H groups in total. The molecule has 1 nitrogen and oxygen atoms in total. The predicted octanol–water partition coefficient (Wildman–Crippen LogP) is 11.5. The van der Waals surface area contributed by atoms with Gasteiger partial charge < -0.3 is 0 Å². The minimum atomic E-state index is -0.123. The molecule has 2 rings (SSSR count). The Kier molecular flexibility index (Phi) is 13.1. The molecule has 0 spiro atoms. The molecule has 0 heterocycles. The molecule has 2 aliphatic carbocycles. The van der Waals surface area contributed by atoms with E-state index in [2.05, 4.69) is 153 Å². The molecule has 0 saturated carbocycles. The molecule has 0 bridgehead atoms. The standard InChI is InChI=1S/C40H50OS/c1-29(17-13-19-31(3)21-23-37-33(5)25-35(41)27-39(37,7)8)15-11-12-16-30(2)18-14-20-32(4)22-24-38-34(6)26-36(42)28-40(38,9)10/h11-26H,27-28H2,1-10H3/b15-11+,16-12+,19-13+,20-14+,29-17+,30-18+,31-21+,32-22+,37-23-,38-24-. The van der Waals surface area contributed by atoms with Crippen molar-refractivity contribution >= 4 is 22.9 Å². The first-order chi connectivity index (χ1) is 19.6. The monoisotopic (exact) mass is 578 g/mol. The molecule has 0 aliphatic heterocycles. The molecule has 0 amide bonds. The van der Waals surface area contributed by atoms with Crippen LogP contribution in [0, 0.1) is 10.8 Å². The molecular formula is C40H50OS. The van der Waals surface area contributed by atoms with Crippen molar-refractivity contribution < 1.29 is 4.79 Å². The summed E-state index contributed by atoms with van der Waals surface area (Å²) in [4.78, 5) is 12.9. The van der Waals surface area contributed by atoms with E-state index in [0.29, 0.717) is 6.42 Å². The van der Waals surface area contributed by atoms with Crippen molar-refractivity contribution in [2.75, 3.05) is 0 Å². The largest absolute Gasteiger partial charge is 0.295 e. The highest BCUT2D eigenvalue weighted by atomic mass is 32.1. The fourth-order valence-electron chi connectivity index (χ4n) is 5.35. The second kappa shape index (κ2) is 15.8. The summed E-state index contributed by atoms with van der Waals surface area (Å²) in [5.41, 5.74) is 9.64. The Labute approximate surface area is 261 Å². The van der Waals surface area contributed by atoms with E-state index in [0.717, 1.165) is 16.9 Å². The van der Waals surface area contributed by atoms with Crippen LogP contribution in [0.1, 0.15) is 82.1 Å². The molecule has 2 heteroatoms. The topological polar surface area (TPSA) is 17.1 Å². The summed E-state index contributed by atoms with van der Waals surface area (Å²) in [6.45, 7) is 21.4. The zero-order valence-electron chi connectivity index (χ0n) is 27.5. The van der Waals surface area contributed by atoms with Gasteiger partial charge in [-0.3, -0.25) is 4.79 Å². The van der Waals surface area contributed by atoms with Crippen LogP contribution < -0.4 is 0 Å². The van der Waals surface area contributed by atoms with Gasteiger partial charge in [0.1, 0.15) is 0 Å². The van der Waals surface area contributed by atoms with Crippen LogP contribution in [0.2, 0.25) is 0 Å². The van der Waals surface area contributed by atoms with Crippen LogP contribution in [0.5, 0.6) is 0 Å². The highest BCUT2D eigenvalue weighted by molar-refractivity contribution is 7.80. The van der Waals surface area contributed by atoms with E-state index in [1.807, 2.05) is 6.92 Å². The Morgan fingerprint density at radius 3 is 1.43 bits per heavy atom. The lowest BCUT2D eigenvalue weighted by molar-refractivity contribution is -0.116. The van der Waals surface area contributed by atoms with Gasteiger partial charge in [0.25, 0.3) is 0 Å². The van der Waals surface area contributed by atoms with Gasteiger partial charge in [-0.1, -0.05) is 147 Å². The van der Waals surface area contributed by atoms with Gasteiger partial charge in [0.05, 0.1) is 0 Å². The number of ketones is 1. The van der Waals surface area contributed by atoms with Gasteiger partial charge in [0, 0.05) is 11.3 Å². The lowest BCUT2D eigenvalue weighted by atomic mass is 9.72. The summed E-state index contributed by atoms with van der Waals surface area (Å²) >= 11 is 5.45. The van der Waals surface area contributed by atoms with Crippen LogP contribution in [-0.2, 0) is 4.79 Å². The number of carbonyl (C=O) groups is 1. The van der Waals surface area contributed by atoms with E-state index in [4.69, 9.17) is 12.2 Å². The number of thiocarbonyl (C=S) groups is 1. The zero-order valence-corrected chi connectivity index (χ0v) is 28.3. The van der Waals surface area contributed by atoms with Crippen molar-refractivity contribution in [1.29, 1.82) is 0 Å². The second-order valence-corrected chi connectivity index (χ2v) is 13.5. The van der Waals surface area contributed by atoms with Crippen molar-refractivity contribution in [3.8, 4) is 0 Å². The molecule has 0 atom stereocenters.